The van der Waals surface area contributed by atoms with Crippen LogP contribution in [-0.2, 0) is 6.54 Å². The lowest BCUT2D eigenvalue weighted by molar-refractivity contribution is 0.943. The molecule has 0 aliphatic rings. The Hall–Kier alpha value is -1.98. The Morgan fingerprint density at radius 3 is 2.76 bits per heavy atom. The standard InChI is InChI=1S/C16H16N4S/c1-10-7-15(13(8-17)11(2)20-10)21-16-12-5-3-4-6-14(12)18-9-19-16/h3-7,9H,8,17H2,1-2H3. The number of rotatable bonds is 3. The Balaban J connectivity index is 2.11. The molecule has 21 heavy (non-hydrogen) atoms. The van der Waals surface area contributed by atoms with Gasteiger partial charge in [0.2, 0.25) is 0 Å². The second-order valence-corrected chi connectivity index (χ2v) is 5.86. The van der Waals surface area contributed by atoms with Crippen LogP contribution in [0.25, 0.3) is 10.9 Å². The van der Waals surface area contributed by atoms with Crippen molar-refractivity contribution in [3.05, 3.63) is 53.6 Å². The van der Waals surface area contributed by atoms with Gasteiger partial charge in [0.15, 0.2) is 0 Å². The van der Waals surface area contributed by atoms with Crippen molar-refractivity contribution < 1.29 is 0 Å². The molecule has 0 fully saturated rings. The summed E-state index contributed by atoms with van der Waals surface area (Å²) in [5.74, 6) is 0. The number of pyridine rings is 1. The summed E-state index contributed by atoms with van der Waals surface area (Å²) < 4.78 is 0. The highest BCUT2D eigenvalue weighted by molar-refractivity contribution is 7.99. The van der Waals surface area contributed by atoms with Gasteiger partial charge in [-0.1, -0.05) is 30.0 Å². The predicted molar refractivity (Wildman–Crippen MR) is 85.3 cm³/mol. The van der Waals surface area contributed by atoms with Crippen LogP contribution in [0.1, 0.15) is 17.0 Å². The fraction of sp³-hybridized carbons (Fsp3) is 0.188. The normalized spacial score (nSPS) is 11.0. The average molecular weight is 296 g/mol. The smallest absolute Gasteiger partial charge is 0.117 e. The molecular weight excluding hydrogens is 280 g/mol. The van der Waals surface area contributed by atoms with Crippen LogP contribution < -0.4 is 5.73 Å². The second-order valence-electron chi connectivity index (χ2n) is 4.83. The molecule has 5 heteroatoms. The summed E-state index contributed by atoms with van der Waals surface area (Å²) in [5.41, 5.74) is 9.89. The zero-order valence-corrected chi connectivity index (χ0v) is 12.8. The van der Waals surface area contributed by atoms with Crippen molar-refractivity contribution in [2.45, 2.75) is 30.3 Å². The third-order valence-corrected chi connectivity index (χ3v) is 4.44. The zero-order valence-electron chi connectivity index (χ0n) is 12.0. The number of nitrogens with two attached hydrogens (primary N) is 1. The third-order valence-electron chi connectivity index (χ3n) is 3.34. The van der Waals surface area contributed by atoms with E-state index in [2.05, 4.69) is 21.0 Å². The fourth-order valence-corrected chi connectivity index (χ4v) is 3.50. The highest BCUT2D eigenvalue weighted by Crippen LogP contribution is 2.34. The zero-order chi connectivity index (χ0) is 14.8. The monoisotopic (exact) mass is 296 g/mol. The van der Waals surface area contributed by atoms with Crippen molar-refractivity contribution in [2.75, 3.05) is 0 Å². The molecule has 2 N–H and O–H groups in total. The number of fused-ring (bicyclic) bond motifs is 1. The molecule has 2 heterocycles. The maximum atomic E-state index is 5.88. The lowest BCUT2D eigenvalue weighted by Crippen LogP contribution is -2.04. The molecule has 106 valence electrons. The summed E-state index contributed by atoms with van der Waals surface area (Å²) in [6.07, 6.45) is 1.60. The molecular formula is C16H16N4S. The van der Waals surface area contributed by atoms with Gasteiger partial charge in [-0.2, -0.15) is 0 Å². The van der Waals surface area contributed by atoms with E-state index in [0.717, 1.165) is 37.8 Å². The summed E-state index contributed by atoms with van der Waals surface area (Å²) in [6.45, 7) is 4.47. The number of benzene rings is 1. The highest BCUT2D eigenvalue weighted by atomic mass is 32.2. The van der Waals surface area contributed by atoms with Gasteiger partial charge >= 0.3 is 0 Å². The molecule has 0 amide bonds. The number of aromatic nitrogens is 3. The van der Waals surface area contributed by atoms with Gasteiger partial charge in [0.25, 0.3) is 0 Å². The summed E-state index contributed by atoms with van der Waals surface area (Å²) in [6, 6.07) is 10.1. The fourth-order valence-electron chi connectivity index (χ4n) is 2.32. The number of hydrogen-bond donors (Lipinski definition) is 1. The Kier molecular flexibility index (Phi) is 3.86. The first-order valence-electron chi connectivity index (χ1n) is 6.74. The van der Waals surface area contributed by atoms with E-state index < -0.39 is 0 Å². The Morgan fingerprint density at radius 1 is 1.14 bits per heavy atom. The lowest BCUT2D eigenvalue weighted by atomic mass is 10.2. The van der Waals surface area contributed by atoms with Gasteiger partial charge in [0.1, 0.15) is 11.4 Å². The largest absolute Gasteiger partial charge is 0.326 e. The SMILES string of the molecule is Cc1cc(Sc2ncnc3ccccc23)c(CN)c(C)n1. The van der Waals surface area contributed by atoms with Gasteiger partial charge in [-0.05, 0) is 26.0 Å². The predicted octanol–water partition coefficient (Wildman–Crippen LogP) is 3.25. The molecule has 0 unspecified atom stereocenters. The van der Waals surface area contributed by atoms with E-state index in [9.17, 15) is 0 Å². The van der Waals surface area contributed by atoms with Crippen LogP contribution in [0, 0.1) is 13.8 Å². The number of aryl methyl sites for hydroxylation is 2. The number of para-hydroxylation sites is 1. The van der Waals surface area contributed by atoms with Crippen LogP contribution in [-0.4, -0.2) is 15.0 Å². The molecule has 3 aromatic rings. The van der Waals surface area contributed by atoms with Gasteiger partial charge < -0.3 is 5.73 Å². The van der Waals surface area contributed by atoms with Crippen LogP contribution in [0.2, 0.25) is 0 Å². The minimum absolute atomic E-state index is 0.477. The van der Waals surface area contributed by atoms with Crippen molar-refractivity contribution in [1.29, 1.82) is 0 Å². The average Bonchev–Trinajstić information content (AvgIpc) is 2.47. The van der Waals surface area contributed by atoms with Gasteiger partial charge in [0, 0.05) is 33.8 Å². The molecule has 0 radical (unpaired) electrons. The number of nitrogens with zero attached hydrogens (tertiary/aromatic N) is 3. The van der Waals surface area contributed by atoms with Crippen molar-refractivity contribution in [1.82, 2.24) is 15.0 Å². The van der Waals surface area contributed by atoms with E-state index in [-0.39, 0.29) is 0 Å². The molecule has 0 aliphatic heterocycles. The lowest BCUT2D eigenvalue weighted by Gasteiger charge is -2.11. The van der Waals surface area contributed by atoms with Crippen molar-refractivity contribution in [2.24, 2.45) is 5.73 Å². The van der Waals surface area contributed by atoms with Crippen molar-refractivity contribution >= 4 is 22.7 Å². The molecule has 0 spiro atoms. The summed E-state index contributed by atoms with van der Waals surface area (Å²) in [7, 11) is 0. The van der Waals surface area contributed by atoms with Crippen LogP contribution in [0.3, 0.4) is 0 Å². The quantitative estimate of drug-likeness (QED) is 0.752. The first-order valence-corrected chi connectivity index (χ1v) is 7.55. The molecule has 3 rings (SSSR count). The maximum Gasteiger partial charge on any atom is 0.117 e. The Morgan fingerprint density at radius 2 is 1.95 bits per heavy atom. The summed E-state index contributed by atoms with van der Waals surface area (Å²) >= 11 is 1.63. The van der Waals surface area contributed by atoms with Gasteiger partial charge in [-0.25, -0.2) is 9.97 Å². The molecule has 2 aromatic heterocycles. The minimum atomic E-state index is 0.477. The van der Waals surface area contributed by atoms with Crippen LogP contribution in [0.15, 0.2) is 46.6 Å². The summed E-state index contributed by atoms with van der Waals surface area (Å²) in [4.78, 5) is 14.3. The molecule has 1 aromatic carbocycles. The first kappa shape index (κ1) is 14.0. The van der Waals surface area contributed by atoms with Gasteiger partial charge in [-0.15, -0.1) is 0 Å². The molecule has 0 atom stereocenters. The molecule has 0 bridgehead atoms. The van der Waals surface area contributed by atoms with E-state index in [1.807, 2.05) is 38.1 Å². The highest BCUT2D eigenvalue weighted by Gasteiger charge is 2.11. The van der Waals surface area contributed by atoms with E-state index in [4.69, 9.17) is 5.73 Å². The molecule has 0 saturated heterocycles. The minimum Gasteiger partial charge on any atom is -0.326 e. The van der Waals surface area contributed by atoms with Crippen LogP contribution in [0.5, 0.6) is 0 Å². The van der Waals surface area contributed by atoms with Crippen LogP contribution in [0.4, 0.5) is 0 Å². The number of hydrogen-bond acceptors (Lipinski definition) is 5. The molecule has 0 aliphatic carbocycles. The van der Waals surface area contributed by atoms with Crippen molar-refractivity contribution in [3.63, 3.8) is 0 Å². The first-order chi connectivity index (χ1) is 10.2. The van der Waals surface area contributed by atoms with Crippen molar-refractivity contribution in [3.8, 4) is 0 Å². The maximum absolute atomic E-state index is 5.88. The Bertz CT molecular complexity index is 796. The molecule has 4 nitrogen and oxygen atoms in total. The van der Waals surface area contributed by atoms with E-state index in [0.29, 0.717) is 6.54 Å². The topological polar surface area (TPSA) is 64.7 Å². The van der Waals surface area contributed by atoms with Gasteiger partial charge in [-0.3, -0.25) is 4.98 Å². The Labute approximate surface area is 127 Å². The van der Waals surface area contributed by atoms with E-state index in [1.165, 1.54) is 0 Å². The third kappa shape index (κ3) is 2.75. The summed E-state index contributed by atoms with van der Waals surface area (Å²) in [5, 5.41) is 2.00. The van der Waals surface area contributed by atoms with E-state index in [1.54, 1.807) is 18.1 Å². The van der Waals surface area contributed by atoms with E-state index >= 15 is 0 Å². The van der Waals surface area contributed by atoms with Gasteiger partial charge in [0.05, 0.1) is 5.52 Å². The second kappa shape index (κ2) is 5.79. The molecule has 0 saturated carbocycles. The van der Waals surface area contributed by atoms with Crippen LogP contribution >= 0.6 is 11.8 Å².